The monoisotopic (exact) mass is 282 g/mol. The van der Waals surface area contributed by atoms with Gasteiger partial charge in [0.05, 0.1) is 4.92 Å². The molecule has 1 amide bonds. The molecule has 2 heterocycles. The Balaban J connectivity index is 2.08. The van der Waals surface area contributed by atoms with E-state index in [1.807, 2.05) is 11.8 Å². The molecule has 2 rings (SSSR count). The highest BCUT2D eigenvalue weighted by molar-refractivity contribution is 7.99. The highest BCUT2D eigenvalue weighted by Gasteiger charge is 2.22. The summed E-state index contributed by atoms with van der Waals surface area (Å²) in [7, 11) is 0. The number of rotatable bonds is 4. The summed E-state index contributed by atoms with van der Waals surface area (Å²) in [6.45, 7) is 0.533. The Kier molecular flexibility index (Phi) is 4.20. The largest absolute Gasteiger partial charge is 0.384 e. The van der Waals surface area contributed by atoms with Gasteiger partial charge >= 0.3 is 0 Å². The van der Waals surface area contributed by atoms with Crippen LogP contribution in [0.15, 0.2) is 12.3 Å². The van der Waals surface area contributed by atoms with Crippen molar-refractivity contribution in [3.05, 3.63) is 27.9 Å². The van der Waals surface area contributed by atoms with Crippen LogP contribution < -0.4 is 11.1 Å². The summed E-state index contributed by atoms with van der Waals surface area (Å²) in [6.07, 6.45) is 2.07. The summed E-state index contributed by atoms with van der Waals surface area (Å²) in [6, 6.07) is 1.23. The van der Waals surface area contributed by atoms with E-state index in [1.54, 1.807) is 0 Å². The lowest BCUT2D eigenvalue weighted by Crippen LogP contribution is -2.30. The van der Waals surface area contributed by atoms with Gasteiger partial charge in [-0.25, -0.2) is 4.98 Å². The molecule has 1 saturated heterocycles. The zero-order valence-electron chi connectivity index (χ0n) is 10.2. The molecule has 3 N–H and O–H groups in total. The average Bonchev–Trinajstić information content (AvgIpc) is 2.88. The van der Waals surface area contributed by atoms with Crippen LogP contribution in [0.5, 0.6) is 0 Å². The SMILES string of the molecule is Nc1cc(C(=O)NCC2CCSC2)c([N+](=O)[O-])cn1. The smallest absolute Gasteiger partial charge is 0.300 e. The van der Waals surface area contributed by atoms with Gasteiger partial charge in [-0.15, -0.1) is 0 Å². The fourth-order valence-electron chi connectivity index (χ4n) is 1.87. The van der Waals surface area contributed by atoms with Crippen LogP contribution in [0.4, 0.5) is 11.5 Å². The lowest BCUT2D eigenvalue weighted by Gasteiger charge is -2.10. The standard InChI is InChI=1S/C11H14N4O3S/c12-10-3-8(9(5-13-10)15(17)18)11(16)14-4-7-1-2-19-6-7/h3,5,7H,1-2,4,6H2,(H2,12,13)(H,14,16). The molecular weight excluding hydrogens is 268 g/mol. The van der Waals surface area contributed by atoms with Crippen LogP contribution >= 0.6 is 11.8 Å². The van der Waals surface area contributed by atoms with Crippen LogP contribution in [0.1, 0.15) is 16.8 Å². The van der Waals surface area contributed by atoms with E-state index in [9.17, 15) is 14.9 Å². The van der Waals surface area contributed by atoms with Gasteiger partial charge in [-0.3, -0.25) is 14.9 Å². The molecule has 1 atom stereocenters. The minimum atomic E-state index is -0.632. The number of aromatic nitrogens is 1. The van der Waals surface area contributed by atoms with Crippen molar-refractivity contribution in [3.8, 4) is 0 Å². The number of amides is 1. The lowest BCUT2D eigenvalue weighted by atomic mass is 10.1. The average molecular weight is 282 g/mol. The summed E-state index contributed by atoms with van der Waals surface area (Å²) in [4.78, 5) is 25.8. The van der Waals surface area contributed by atoms with Gasteiger partial charge in [0.2, 0.25) is 0 Å². The maximum atomic E-state index is 12.0. The van der Waals surface area contributed by atoms with Gasteiger partial charge in [-0.05, 0) is 29.9 Å². The van der Waals surface area contributed by atoms with Crippen molar-refractivity contribution in [1.82, 2.24) is 10.3 Å². The molecule has 1 aromatic rings. The first-order valence-electron chi connectivity index (χ1n) is 5.84. The maximum absolute atomic E-state index is 12.0. The molecule has 1 unspecified atom stereocenters. The van der Waals surface area contributed by atoms with Gasteiger partial charge in [0.15, 0.2) is 0 Å². The molecule has 0 saturated carbocycles. The van der Waals surface area contributed by atoms with E-state index in [4.69, 9.17) is 5.73 Å². The minimum absolute atomic E-state index is 0.0387. The first kappa shape index (κ1) is 13.6. The third kappa shape index (κ3) is 3.34. The third-order valence-corrected chi connectivity index (χ3v) is 4.15. The second kappa shape index (κ2) is 5.87. The number of nitrogen functional groups attached to an aromatic ring is 1. The summed E-state index contributed by atoms with van der Waals surface area (Å²) in [5.74, 6) is 2.17. The van der Waals surface area contributed by atoms with Crippen LogP contribution in [-0.4, -0.2) is 33.9 Å². The summed E-state index contributed by atoms with van der Waals surface area (Å²) in [5, 5.41) is 13.6. The van der Waals surface area contributed by atoms with Crippen molar-refractivity contribution in [2.75, 3.05) is 23.8 Å². The van der Waals surface area contributed by atoms with Crippen molar-refractivity contribution in [2.45, 2.75) is 6.42 Å². The van der Waals surface area contributed by atoms with Crippen molar-refractivity contribution < 1.29 is 9.72 Å². The summed E-state index contributed by atoms with van der Waals surface area (Å²) >= 11 is 1.85. The van der Waals surface area contributed by atoms with Gasteiger partial charge in [-0.1, -0.05) is 0 Å². The fraction of sp³-hybridized carbons (Fsp3) is 0.455. The van der Waals surface area contributed by atoms with Crippen molar-refractivity contribution in [3.63, 3.8) is 0 Å². The van der Waals surface area contributed by atoms with Crippen molar-refractivity contribution in [1.29, 1.82) is 0 Å². The molecule has 1 aromatic heterocycles. The van der Waals surface area contributed by atoms with E-state index in [0.717, 1.165) is 24.1 Å². The molecule has 1 aliphatic rings. The number of thioether (sulfide) groups is 1. The van der Waals surface area contributed by atoms with E-state index >= 15 is 0 Å². The first-order chi connectivity index (χ1) is 9.08. The molecule has 8 heteroatoms. The Morgan fingerprint density at radius 1 is 1.68 bits per heavy atom. The topological polar surface area (TPSA) is 111 Å². The predicted molar refractivity (Wildman–Crippen MR) is 73.1 cm³/mol. The molecule has 102 valence electrons. The number of hydrogen-bond donors (Lipinski definition) is 2. The van der Waals surface area contributed by atoms with Crippen molar-refractivity contribution in [2.24, 2.45) is 5.92 Å². The zero-order valence-corrected chi connectivity index (χ0v) is 11.0. The second-order valence-electron chi connectivity index (χ2n) is 4.32. The van der Waals surface area contributed by atoms with Crippen molar-refractivity contribution >= 4 is 29.2 Å². The Morgan fingerprint density at radius 2 is 2.47 bits per heavy atom. The molecule has 0 aromatic carbocycles. The summed E-state index contributed by atoms with van der Waals surface area (Å²) in [5.41, 5.74) is 5.10. The van der Waals surface area contributed by atoms with Crippen LogP contribution in [0.25, 0.3) is 0 Å². The van der Waals surface area contributed by atoms with Gasteiger partial charge in [-0.2, -0.15) is 11.8 Å². The molecular formula is C11H14N4O3S. The zero-order chi connectivity index (χ0) is 13.8. The number of carbonyl (C=O) groups is 1. The summed E-state index contributed by atoms with van der Waals surface area (Å²) < 4.78 is 0. The maximum Gasteiger partial charge on any atom is 0.300 e. The second-order valence-corrected chi connectivity index (χ2v) is 5.47. The first-order valence-corrected chi connectivity index (χ1v) is 6.99. The van der Waals surface area contributed by atoms with E-state index in [-0.39, 0.29) is 17.1 Å². The number of nitro groups is 1. The molecule has 0 spiro atoms. The number of nitrogens with one attached hydrogen (secondary N) is 1. The quantitative estimate of drug-likeness (QED) is 0.631. The van der Waals surface area contributed by atoms with Gasteiger partial charge in [0.1, 0.15) is 17.6 Å². The number of carbonyl (C=O) groups excluding carboxylic acids is 1. The number of nitrogens with zero attached hydrogens (tertiary/aromatic N) is 2. The lowest BCUT2D eigenvalue weighted by molar-refractivity contribution is -0.385. The van der Waals surface area contributed by atoms with Crippen LogP contribution in [0.3, 0.4) is 0 Å². The molecule has 0 aliphatic carbocycles. The normalized spacial score (nSPS) is 18.2. The predicted octanol–water partition coefficient (Wildman–Crippen LogP) is 1.05. The molecule has 0 bridgehead atoms. The number of nitrogens with two attached hydrogens (primary N) is 1. The molecule has 1 fully saturated rings. The third-order valence-electron chi connectivity index (χ3n) is 2.92. The molecule has 1 aliphatic heterocycles. The van der Waals surface area contributed by atoms with Gasteiger partial charge < -0.3 is 11.1 Å². The Labute approximate surface area is 114 Å². The Bertz CT molecular complexity index is 503. The number of hydrogen-bond acceptors (Lipinski definition) is 6. The molecule has 7 nitrogen and oxygen atoms in total. The number of anilines is 1. The molecule has 19 heavy (non-hydrogen) atoms. The van der Waals surface area contributed by atoms with E-state index in [1.165, 1.54) is 6.07 Å². The van der Waals surface area contributed by atoms with Gasteiger partial charge in [0.25, 0.3) is 11.6 Å². The van der Waals surface area contributed by atoms with Crippen LogP contribution in [0.2, 0.25) is 0 Å². The van der Waals surface area contributed by atoms with E-state index in [2.05, 4.69) is 10.3 Å². The van der Waals surface area contributed by atoms with Crippen LogP contribution in [0, 0.1) is 16.0 Å². The highest BCUT2D eigenvalue weighted by atomic mass is 32.2. The Morgan fingerprint density at radius 3 is 3.11 bits per heavy atom. The number of pyridine rings is 1. The Hall–Kier alpha value is -1.83. The fourth-order valence-corrected chi connectivity index (χ4v) is 3.15. The van der Waals surface area contributed by atoms with E-state index in [0.29, 0.717) is 12.5 Å². The van der Waals surface area contributed by atoms with Gasteiger partial charge in [0, 0.05) is 6.54 Å². The van der Waals surface area contributed by atoms with E-state index < -0.39 is 10.8 Å². The molecule has 0 radical (unpaired) electrons. The highest BCUT2D eigenvalue weighted by Crippen LogP contribution is 2.23. The van der Waals surface area contributed by atoms with Crippen LogP contribution in [-0.2, 0) is 0 Å². The minimum Gasteiger partial charge on any atom is -0.384 e.